The van der Waals surface area contributed by atoms with E-state index in [-0.39, 0.29) is 11.9 Å². The molecule has 1 N–H and O–H groups in total. The molecular formula is C18H17N3O. The topological polar surface area (TPSA) is 56.1 Å². The summed E-state index contributed by atoms with van der Waals surface area (Å²) in [6, 6.07) is 19.2. The number of benzene rings is 2. The Morgan fingerprint density at radius 1 is 1.18 bits per heavy atom. The molecule has 1 fully saturated rings. The van der Waals surface area contributed by atoms with E-state index in [9.17, 15) is 4.79 Å². The van der Waals surface area contributed by atoms with Crippen molar-refractivity contribution in [3.8, 4) is 6.07 Å². The van der Waals surface area contributed by atoms with Gasteiger partial charge in [0.15, 0.2) is 0 Å². The van der Waals surface area contributed by atoms with Gasteiger partial charge in [0.2, 0.25) is 0 Å². The van der Waals surface area contributed by atoms with Gasteiger partial charge < -0.3 is 10.2 Å². The third-order valence-corrected chi connectivity index (χ3v) is 3.86. The summed E-state index contributed by atoms with van der Waals surface area (Å²) in [6.45, 7) is 1.42. The van der Waals surface area contributed by atoms with Crippen LogP contribution in [0.25, 0.3) is 0 Å². The molecule has 1 heterocycles. The zero-order chi connectivity index (χ0) is 15.4. The number of likely N-dealkylation sites (tertiary alicyclic amines) is 1. The minimum atomic E-state index is -0.00513. The monoisotopic (exact) mass is 291 g/mol. The van der Waals surface area contributed by atoms with Gasteiger partial charge in [0, 0.05) is 30.4 Å². The van der Waals surface area contributed by atoms with Crippen molar-refractivity contribution < 1.29 is 4.79 Å². The number of hydrogen-bond donors (Lipinski definition) is 1. The molecule has 1 atom stereocenters. The molecular weight excluding hydrogens is 274 g/mol. The summed E-state index contributed by atoms with van der Waals surface area (Å²) in [5.41, 5.74) is 2.18. The first-order valence-electron chi connectivity index (χ1n) is 7.37. The largest absolute Gasteiger partial charge is 0.380 e. The van der Waals surface area contributed by atoms with E-state index >= 15 is 0 Å². The molecule has 4 nitrogen and oxygen atoms in total. The van der Waals surface area contributed by atoms with Crippen molar-refractivity contribution in [2.75, 3.05) is 18.4 Å². The van der Waals surface area contributed by atoms with Gasteiger partial charge in [0.05, 0.1) is 11.6 Å². The van der Waals surface area contributed by atoms with Crippen LogP contribution < -0.4 is 5.32 Å². The number of nitrogens with one attached hydrogen (secondary N) is 1. The zero-order valence-electron chi connectivity index (χ0n) is 12.2. The first-order chi connectivity index (χ1) is 10.8. The average Bonchev–Trinajstić information content (AvgIpc) is 3.03. The molecule has 1 aliphatic heterocycles. The number of rotatable bonds is 3. The maximum atomic E-state index is 12.5. The van der Waals surface area contributed by atoms with Crippen molar-refractivity contribution in [3.05, 3.63) is 65.7 Å². The van der Waals surface area contributed by atoms with Gasteiger partial charge in [-0.1, -0.05) is 24.3 Å². The molecule has 0 radical (unpaired) electrons. The smallest absolute Gasteiger partial charge is 0.253 e. The second-order valence-corrected chi connectivity index (χ2v) is 5.44. The minimum Gasteiger partial charge on any atom is -0.380 e. The van der Waals surface area contributed by atoms with Gasteiger partial charge in [-0.2, -0.15) is 5.26 Å². The van der Waals surface area contributed by atoms with E-state index in [2.05, 4.69) is 11.4 Å². The lowest BCUT2D eigenvalue weighted by molar-refractivity contribution is 0.0791. The van der Waals surface area contributed by atoms with Crippen LogP contribution in [0.2, 0.25) is 0 Å². The van der Waals surface area contributed by atoms with Crippen LogP contribution in [0.3, 0.4) is 0 Å². The Morgan fingerprint density at radius 2 is 2.00 bits per heavy atom. The van der Waals surface area contributed by atoms with Gasteiger partial charge in [0.25, 0.3) is 5.91 Å². The number of amides is 1. The Kier molecular flexibility index (Phi) is 4.06. The first kappa shape index (κ1) is 14.2. The highest BCUT2D eigenvalue weighted by atomic mass is 16.2. The predicted octanol–water partition coefficient (Wildman–Crippen LogP) is 2.88. The Hall–Kier alpha value is -2.80. The Morgan fingerprint density at radius 3 is 2.77 bits per heavy atom. The Bertz CT molecular complexity index is 706. The van der Waals surface area contributed by atoms with Gasteiger partial charge in [0.1, 0.15) is 0 Å². The van der Waals surface area contributed by atoms with Crippen LogP contribution in [-0.4, -0.2) is 29.9 Å². The van der Waals surface area contributed by atoms with Crippen LogP contribution in [0.1, 0.15) is 22.3 Å². The summed E-state index contributed by atoms with van der Waals surface area (Å²) in [6.07, 6.45) is 0.929. The molecule has 0 aliphatic carbocycles. The summed E-state index contributed by atoms with van der Waals surface area (Å²) in [7, 11) is 0. The fourth-order valence-corrected chi connectivity index (χ4v) is 2.74. The van der Waals surface area contributed by atoms with Crippen LogP contribution in [0.4, 0.5) is 5.69 Å². The molecule has 22 heavy (non-hydrogen) atoms. The Balaban J connectivity index is 1.64. The molecule has 1 aliphatic rings. The van der Waals surface area contributed by atoms with Crippen LogP contribution >= 0.6 is 0 Å². The summed E-state index contributed by atoms with van der Waals surface area (Å²) < 4.78 is 0. The van der Waals surface area contributed by atoms with E-state index in [1.165, 1.54) is 0 Å². The van der Waals surface area contributed by atoms with E-state index in [4.69, 9.17) is 5.26 Å². The molecule has 0 bridgehead atoms. The second kappa shape index (κ2) is 6.31. The van der Waals surface area contributed by atoms with Crippen molar-refractivity contribution in [2.45, 2.75) is 12.5 Å². The van der Waals surface area contributed by atoms with Crippen LogP contribution in [-0.2, 0) is 0 Å². The normalized spacial score (nSPS) is 17.0. The quantitative estimate of drug-likeness (QED) is 0.946. The van der Waals surface area contributed by atoms with E-state index in [0.29, 0.717) is 17.7 Å². The van der Waals surface area contributed by atoms with Crippen molar-refractivity contribution in [1.29, 1.82) is 5.26 Å². The second-order valence-electron chi connectivity index (χ2n) is 5.44. The molecule has 0 unspecified atom stereocenters. The average molecular weight is 291 g/mol. The maximum absolute atomic E-state index is 12.5. The van der Waals surface area contributed by atoms with E-state index in [1.807, 2.05) is 35.2 Å². The lowest BCUT2D eigenvalue weighted by Gasteiger charge is -2.18. The third-order valence-electron chi connectivity index (χ3n) is 3.86. The van der Waals surface area contributed by atoms with Gasteiger partial charge in [-0.05, 0) is 36.8 Å². The van der Waals surface area contributed by atoms with Crippen molar-refractivity contribution >= 4 is 11.6 Å². The summed E-state index contributed by atoms with van der Waals surface area (Å²) in [5, 5.41) is 12.4. The minimum absolute atomic E-state index is 0.00513. The summed E-state index contributed by atoms with van der Waals surface area (Å²) in [5.74, 6) is -0.00513. The molecule has 1 saturated heterocycles. The number of para-hydroxylation sites is 1. The van der Waals surface area contributed by atoms with Gasteiger partial charge in [-0.3, -0.25) is 4.79 Å². The number of anilines is 1. The molecule has 3 rings (SSSR count). The van der Waals surface area contributed by atoms with Crippen LogP contribution in [0.5, 0.6) is 0 Å². The van der Waals surface area contributed by atoms with Crippen LogP contribution in [0.15, 0.2) is 54.6 Å². The van der Waals surface area contributed by atoms with E-state index < -0.39 is 0 Å². The lowest BCUT2D eigenvalue weighted by Crippen LogP contribution is -2.31. The number of nitrogens with zero attached hydrogens (tertiary/aromatic N) is 2. The highest BCUT2D eigenvalue weighted by Gasteiger charge is 2.26. The number of hydrogen-bond acceptors (Lipinski definition) is 3. The third kappa shape index (κ3) is 3.09. The maximum Gasteiger partial charge on any atom is 0.253 e. The number of carbonyl (C=O) groups excluding carboxylic acids is 1. The molecule has 2 aromatic carbocycles. The van der Waals surface area contributed by atoms with Crippen molar-refractivity contribution in [2.24, 2.45) is 0 Å². The molecule has 110 valence electrons. The molecule has 0 spiro atoms. The summed E-state index contributed by atoms with van der Waals surface area (Å²) >= 11 is 0. The number of carbonyl (C=O) groups is 1. The lowest BCUT2D eigenvalue weighted by atomic mass is 10.1. The van der Waals surface area contributed by atoms with E-state index in [1.54, 1.807) is 24.3 Å². The first-order valence-corrected chi connectivity index (χ1v) is 7.37. The fraction of sp³-hybridized carbons (Fsp3) is 0.222. The molecule has 4 heteroatoms. The molecule has 0 aromatic heterocycles. The van der Waals surface area contributed by atoms with Crippen LogP contribution in [0, 0.1) is 11.3 Å². The highest BCUT2D eigenvalue weighted by Crippen LogP contribution is 2.18. The molecule has 1 amide bonds. The number of nitriles is 1. The standard InChI is InChI=1S/C18H17N3O/c19-12-14-5-4-6-15(11-14)18(22)21-10-9-17(13-21)20-16-7-2-1-3-8-16/h1-8,11,17,20H,9-10,13H2/t17-/m0/s1. The van der Waals surface area contributed by atoms with Gasteiger partial charge in [-0.15, -0.1) is 0 Å². The van der Waals surface area contributed by atoms with E-state index in [0.717, 1.165) is 18.7 Å². The highest BCUT2D eigenvalue weighted by molar-refractivity contribution is 5.94. The van der Waals surface area contributed by atoms with Crippen molar-refractivity contribution in [3.63, 3.8) is 0 Å². The SMILES string of the molecule is N#Cc1cccc(C(=O)N2CC[C@H](Nc3ccccc3)C2)c1. The van der Waals surface area contributed by atoms with Crippen molar-refractivity contribution in [1.82, 2.24) is 4.90 Å². The van der Waals surface area contributed by atoms with Gasteiger partial charge >= 0.3 is 0 Å². The molecule has 0 saturated carbocycles. The summed E-state index contributed by atoms with van der Waals surface area (Å²) in [4.78, 5) is 14.3. The zero-order valence-corrected chi connectivity index (χ0v) is 12.2. The molecule has 2 aromatic rings. The Labute approximate surface area is 130 Å². The predicted molar refractivity (Wildman–Crippen MR) is 85.5 cm³/mol. The van der Waals surface area contributed by atoms with Gasteiger partial charge in [-0.25, -0.2) is 0 Å². The fourth-order valence-electron chi connectivity index (χ4n) is 2.74.